The van der Waals surface area contributed by atoms with E-state index in [4.69, 9.17) is 5.11 Å². The molecule has 0 unspecified atom stereocenters. The average molecular weight is 270 g/mol. The Morgan fingerprint density at radius 2 is 1.68 bits per heavy atom. The highest BCUT2D eigenvalue weighted by atomic mass is 16.4. The van der Waals surface area contributed by atoms with Crippen LogP contribution in [-0.4, -0.2) is 59.5 Å². The van der Waals surface area contributed by atoms with Crippen LogP contribution in [0.25, 0.3) is 0 Å². The molecule has 5 heteroatoms. The molecule has 1 heterocycles. The van der Waals surface area contributed by atoms with Crippen molar-refractivity contribution in [1.29, 1.82) is 0 Å². The van der Waals surface area contributed by atoms with Gasteiger partial charge in [-0.15, -0.1) is 0 Å². The van der Waals surface area contributed by atoms with Gasteiger partial charge in [-0.3, -0.25) is 14.5 Å². The molecule has 5 nitrogen and oxygen atoms in total. The summed E-state index contributed by atoms with van der Waals surface area (Å²) >= 11 is 0. The van der Waals surface area contributed by atoms with Crippen molar-refractivity contribution in [1.82, 2.24) is 9.80 Å². The number of hydrogen-bond donors (Lipinski definition) is 1. The predicted molar refractivity (Wildman–Crippen MR) is 73.9 cm³/mol. The molecule has 1 N–H and O–H groups in total. The lowest BCUT2D eigenvalue weighted by molar-refractivity contribution is -0.152. The minimum absolute atomic E-state index is 0.0448. The van der Waals surface area contributed by atoms with E-state index < -0.39 is 11.4 Å². The first-order valence-electron chi connectivity index (χ1n) is 6.96. The summed E-state index contributed by atoms with van der Waals surface area (Å²) in [6, 6.07) is 0. The first-order chi connectivity index (χ1) is 8.72. The molecule has 1 saturated heterocycles. The Hall–Kier alpha value is -1.10. The molecule has 0 aromatic carbocycles. The third-order valence-electron chi connectivity index (χ3n) is 3.52. The summed E-state index contributed by atoms with van der Waals surface area (Å²) in [5.74, 6) is -0.330. The topological polar surface area (TPSA) is 60.9 Å². The van der Waals surface area contributed by atoms with Crippen LogP contribution in [0.5, 0.6) is 0 Å². The molecule has 110 valence electrons. The Morgan fingerprint density at radius 3 is 2.11 bits per heavy atom. The van der Waals surface area contributed by atoms with Crippen molar-refractivity contribution in [3.05, 3.63) is 0 Å². The van der Waals surface area contributed by atoms with Crippen LogP contribution >= 0.6 is 0 Å². The van der Waals surface area contributed by atoms with Crippen LogP contribution in [0.2, 0.25) is 0 Å². The molecular formula is C14H26N2O3. The number of piperazine rings is 1. The highest BCUT2D eigenvalue weighted by Gasteiger charge is 2.33. The number of carboxylic acid groups (broad SMARTS) is 1. The summed E-state index contributed by atoms with van der Waals surface area (Å²) in [5, 5.41) is 9.05. The Labute approximate surface area is 115 Å². The molecule has 0 aromatic heterocycles. The summed E-state index contributed by atoms with van der Waals surface area (Å²) in [4.78, 5) is 27.3. The van der Waals surface area contributed by atoms with Gasteiger partial charge in [0.15, 0.2) is 0 Å². The van der Waals surface area contributed by atoms with Gasteiger partial charge in [-0.05, 0) is 19.8 Å². The first kappa shape index (κ1) is 16.0. The quantitative estimate of drug-likeness (QED) is 0.817. The van der Waals surface area contributed by atoms with Crippen LogP contribution in [0.3, 0.4) is 0 Å². The number of carboxylic acids is 1. The molecule has 1 fully saturated rings. The van der Waals surface area contributed by atoms with E-state index in [-0.39, 0.29) is 12.3 Å². The zero-order valence-corrected chi connectivity index (χ0v) is 12.5. The number of carbonyl (C=O) groups excluding carboxylic acids is 1. The van der Waals surface area contributed by atoms with E-state index in [0.717, 1.165) is 19.6 Å². The number of aliphatic carboxylic acids is 1. The monoisotopic (exact) mass is 270 g/mol. The average Bonchev–Trinajstić information content (AvgIpc) is 2.28. The van der Waals surface area contributed by atoms with Gasteiger partial charge in [0.25, 0.3) is 0 Å². The Balaban J connectivity index is 2.43. The highest BCUT2D eigenvalue weighted by Crippen LogP contribution is 2.22. The van der Waals surface area contributed by atoms with Gasteiger partial charge in [-0.2, -0.15) is 0 Å². The molecule has 0 saturated carbocycles. The standard InChI is InChI=1S/C14H26N2O3/c1-11(2)10-15-5-7-16(8-6-15)12(17)9-14(3,4)13(18)19/h11H,5-10H2,1-4H3,(H,18,19). The van der Waals surface area contributed by atoms with Crippen LogP contribution in [0, 0.1) is 11.3 Å². The van der Waals surface area contributed by atoms with Crippen LogP contribution in [0.1, 0.15) is 34.1 Å². The van der Waals surface area contributed by atoms with Crippen molar-refractivity contribution in [3.63, 3.8) is 0 Å². The van der Waals surface area contributed by atoms with Crippen molar-refractivity contribution in [2.24, 2.45) is 11.3 Å². The molecule has 1 aliphatic rings. The van der Waals surface area contributed by atoms with Crippen molar-refractivity contribution in [2.45, 2.75) is 34.1 Å². The lowest BCUT2D eigenvalue weighted by Crippen LogP contribution is -2.50. The second-order valence-corrected chi connectivity index (χ2v) is 6.44. The minimum Gasteiger partial charge on any atom is -0.481 e. The van der Waals surface area contributed by atoms with E-state index in [2.05, 4.69) is 18.7 Å². The van der Waals surface area contributed by atoms with Gasteiger partial charge < -0.3 is 10.0 Å². The van der Waals surface area contributed by atoms with Crippen LogP contribution in [0.4, 0.5) is 0 Å². The molecule has 0 radical (unpaired) electrons. The SMILES string of the molecule is CC(C)CN1CCN(C(=O)CC(C)(C)C(=O)O)CC1. The minimum atomic E-state index is -0.980. The molecular weight excluding hydrogens is 244 g/mol. The summed E-state index contributed by atoms with van der Waals surface area (Å²) in [6.45, 7) is 11.8. The van der Waals surface area contributed by atoms with E-state index in [1.807, 2.05) is 0 Å². The van der Waals surface area contributed by atoms with Crippen LogP contribution in [-0.2, 0) is 9.59 Å². The first-order valence-corrected chi connectivity index (χ1v) is 6.96. The Bertz CT molecular complexity index is 332. The molecule has 1 rings (SSSR count). The van der Waals surface area contributed by atoms with Gasteiger partial charge in [0.05, 0.1) is 5.41 Å². The highest BCUT2D eigenvalue weighted by molar-refractivity contribution is 5.84. The Kier molecular flexibility index (Phi) is 5.35. The molecule has 1 aliphatic heterocycles. The van der Waals surface area contributed by atoms with E-state index in [1.165, 1.54) is 0 Å². The van der Waals surface area contributed by atoms with Gasteiger partial charge in [-0.25, -0.2) is 0 Å². The van der Waals surface area contributed by atoms with Crippen molar-refractivity contribution < 1.29 is 14.7 Å². The fraction of sp³-hybridized carbons (Fsp3) is 0.857. The zero-order valence-electron chi connectivity index (χ0n) is 12.5. The van der Waals surface area contributed by atoms with E-state index in [1.54, 1.807) is 18.7 Å². The normalized spacial score (nSPS) is 17.8. The molecule has 0 bridgehead atoms. The number of amides is 1. The summed E-state index contributed by atoms with van der Waals surface area (Å²) < 4.78 is 0. The fourth-order valence-electron chi connectivity index (χ4n) is 2.26. The smallest absolute Gasteiger partial charge is 0.309 e. The molecule has 0 aliphatic carbocycles. The lowest BCUT2D eigenvalue weighted by atomic mass is 9.89. The summed E-state index contributed by atoms with van der Waals surface area (Å²) in [7, 11) is 0. The van der Waals surface area contributed by atoms with Gasteiger partial charge in [-0.1, -0.05) is 13.8 Å². The van der Waals surface area contributed by atoms with E-state index in [0.29, 0.717) is 19.0 Å². The van der Waals surface area contributed by atoms with Crippen LogP contribution in [0.15, 0.2) is 0 Å². The third-order valence-corrected chi connectivity index (χ3v) is 3.52. The maximum absolute atomic E-state index is 12.1. The number of rotatable bonds is 5. The largest absolute Gasteiger partial charge is 0.481 e. The third kappa shape index (κ3) is 4.82. The molecule has 1 amide bonds. The maximum atomic E-state index is 12.1. The van der Waals surface area contributed by atoms with Gasteiger partial charge in [0, 0.05) is 39.1 Å². The van der Waals surface area contributed by atoms with E-state index in [9.17, 15) is 9.59 Å². The van der Waals surface area contributed by atoms with Crippen molar-refractivity contribution in [3.8, 4) is 0 Å². The molecule has 0 spiro atoms. The fourth-order valence-corrected chi connectivity index (χ4v) is 2.26. The predicted octanol–water partition coefficient (Wildman–Crippen LogP) is 1.29. The lowest BCUT2D eigenvalue weighted by Gasteiger charge is -2.36. The van der Waals surface area contributed by atoms with E-state index >= 15 is 0 Å². The maximum Gasteiger partial charge on any atom is 0.309 e. The molecule has 0 atom stereocenters. The second kappa shape index (κ2) is 6.37. The van der Waals surface area contributed by atoms with Crippen molar-refractivity contribution >= 4 is 11.9 Å². The van der Waals surface area contributed by atoms with Gasteiger partial charge >= 0.3 is 5.97 Å². The summed E-state index contributed by atoms with van der Waals surface area (Å²) in [5.41, 5.74) is -0.980. The number of hydrogen-bond acceptors (Lipinski definition) is 3. The van der Waals surface area contributed by atoms with Crippen LogP contribution < -0.4 is 0 Å². The van der Waals surface area contributed by atoms with Gasteiger partial charge in [0.1, 0.15) is 0 Å². The zero-order chi connectivity index (χ0) is 14.6. The second-order valence-electron chi connectivity index (χ2n) is 6.44. The molecule has 0 aromatic rings. The Morgan fingerprint density at radius 1 is 1.16 bits per heavy atom. The van der Waals surface area contributed by atoms with Gasteiger partial charge in [0.2, 0.25) is 5.91 Å². The van der Waals surface area contributed by atoms with Crippen molar-refractivity contribution in [2.75, 3.05) is 32.7 Å². The summed E-state index contributed by atoms with van der Waals surface area (Å²) in [6.07, 6.45) is 0.0759. The number of carbonyl (C=O) groups is 2. The molecule has 19 heavy (non-hydrogen) atoms. The number of nitrogens with zero attached hydrogens (tertiary/aromatic N) is 2.